The molecule has 9 heteroatoms. The molecule has 0 aliphatic carbocycles. The first-order valence-electron chi connectivity index (χ1n) is 7.94. The van der Waals surface area contributed by atoms with Crippen LogP contribution >= 0.6 is 0 Å². The van der Waals surface area contributed by atoms with Gasteiger partial charge in [-0.2, -0.15) is 0 Å². The fraction of sp³-hybridized carbons (Fsp3) is 0.278. The van der Waals surface area contributed by atoms with E-state index in [1.54, 1.807) is 13.0 Å². The molecule has 9 nitrogen and oxygen atoms in total. The Hall–Kier alpha value is -3.33. The molecule has 142 valence electrons. The molecule has 0 aliphatic heterocycles. The summed E-state index contributed by atoms with van der Waals surface area (Å²) >= 11 is 0. The highest BCUT2D eigenvalue weighted by Crippen LogP contribution is 2.37. The number of rotatable bonds is 6. The van der Waals surface area contributed by atoms with Crippen LogP contribution < -0.4 is 0 Å². The molecule has 0 radical (unpaired) electrons. The minimum Gasteiger partial charge on any atom is -0.465 e. The first kappa shape index (κ1) is 20.0. The number of nitrogens with zero attached hydrogens (tertiary/aromatic N) is 2. The number of para-hydroxylation sites is 1. The Morgan fingerprint density at radius 2 is 1.74 bits per heavy atom. The summed E-state index contributed by atoms with van der Waals surface area (Å²) in [7, 11) is 1.16. The lowest BCUT2D eigenvalue weighted by Crippen LogP contribution is -2.18. The molecule has 0 spiro atoms. The van der Waals surface area contributed by atoms with Gasteiger partial charge < -0.3 is 14.6 Å². The molecule has 2 rings (SSSR count). The van der Waals surface area contributed by atoms with Gasteiger partial charge in [0.05, 0.1) is 46.7 Å². The molecular weight excluding hydrogens is 356 g/mol. The number of aliphatic hydroxyl groups excluding tert-OH is 1. The van der Waals surface area contributed by atoms with Crippen molar-refractivity contribution >= 4 is 17.6 Å². The first-order chi connectivity index (χ1) is 12.8. The summed E-state index contributed by atoms with van der Waals surface area (Å²) < 4.78 is 9.77. The van der Waals surface area contributed by atoms with E-state index < -0.39 is 23.5 Å². The van der Waals surface area contributed by atoms with Crippen molar-refractivity contribution in [2.24, 2.45) is 0 Å². The SMILES string of the molecule is COC(=O)c1c(C)nc(C)c(C(=O)OCCO)c1-c1ccccc1[N+](=O)[O-]. The molecule has 27 heavy (non-hydrogen) atoms. The van der Waals surface area contributed by atoms with Crippen LogP contribution in [0.25, 0.3) is 11.1 Å². The van der Waals surface area contributed by atoms with Gasteiger partial charge in [-0.15, -0.1) is 0 Å². The highest BCUT2D eigenvalue weighted by atomic mass is 16.6. The largest absolute Gasteiger partial charge is 0.465 e. The number of aryl methyl sites for hydroxylation is 2. The molecule has 1 heterocycles. The van der Waals surface area contributed by atoms with Crippen molar-refractivity contribution in [2.75, 3.05) is 20.3 Å². The quantitative estimate of drug-likeness (QED) is 0.463. The second kappa shape index (κ2) is 8.37. The Morgan fingerprint density at radius 3 is 2.30 bits per heavy atom. The number of aromatic nitrogens is 1. The Kier molecular flexibility index (Phi) is 6.19. The maximum atomic E-state index is 12.6. The third-order valence-corrected chi connectivity index (χ3v) is 3.85. The zero-order valence-corrected chi connectivity index (χ0v) is 15.0. The zero-order valence-electron chi connectivity index (χ0n) is 15.0. The molecule has 1 aromatic carbocycles. The van der Waals surface area contributed by atoms with E-state index in [4.69, 9.17) is 14.6 Å². The van der Waals surface area contributed by atoms with Gasteiger partial charge in [-0.1, -0.05) is 12.1 Å². The summed E-state index contributed by atoms with van der Waals surface area (Å²) in [6.07, 6.45) is 0. The molecule has 0 amide bonds. The third-order valence-electron chi connectivity index (χ3n) is 3.85. The number of nitro benzene ring substituents is 1. The standard InChI is InChI=1S/C18H18N2O7/c1-10-14(17(22)26-3)16(12-6-4-5-7-13(12)20(24)25)15(11(2)19-10)18(23)27-9-8-21/h4-7,21H,8-9H2,1-3H3. The number of esters is 2. The lowest BCUT2D eigenvalue weighted by atomic mass is 9.91. The topological polar surface area (TPSA) is 129 Å². The van der Waals surface area contributed by atoms with E-state index in [2.05, 4.69) is 4.98 Å². The van der Waals surface area contributed by atoms with Gasteiger partial charge in [0.1, 0.15) is 6.61 Å². The fourth-order valence-electron chi connectivity index (χ4n) is 2.78. The summed E-state index contributed by atoms with van der Waals surface area (Å²) in [6.45, 7) is 2.41. The van der Waals surface area contributed by atoms with Crippen LogP contribution in [0.3, 0.4) is 0 Å². The van der Waals surface area contributed by atoms with E-state index in [-0.39, 0.29) is 45.9 Å². The van der Waals surface area contributed by atoms with Crippen LogP contribution in [0.15, 0.2) is 24.3 Å². The number of hydrogen-bond donors (Lipinski definition) is 1. The Bertz CT molecular complexity index is 909. The number of methoxy groups -OCH3 is 1. The predicted molar refractivity (Wildman–Crippen MR) is 94.5 cm³/mol. The number of hydrogen-bond acceptors (Lipinski definition) is 8. The monoisotopic (exact) mass is 374 g/mol. The van der Waals surface area contributed by atoms with Crippen LogP contribution in [-0.2, 0) is 9.47 Å². The van der Waals surface area contributed by atoms with Gasteiger partial charge in [-0.3, -0.25) is 15.1 Å². The number of ether oxygens (including phenoxy) is 2. The fourth-order valence-corrected chi connectivity index (χ4v) is 2.78. The third kappa shape index (κ3) is 3.93. The van der Waals surface area contributed by atoms with E-state index in [1.807, 2.05) is 0 Å². The van der Waals surface area contributed by atoms with Crippen LogP contribution in [0, 0.1) is 24.0 Å². The van der Waals surface area contributed by atoms with Crippen LogP contribution in [-0.4, -0.2) is 47.3 Å². The van der Waals surface area contributed by atoms with Crippen molar-refractivity contribution in [2.45, 2.75) is 13.8 Å². The number of aliphatic hydroxyl groups is 1. The molecule has 1 aromatic heterocycles. The van der Waals surface area contributed by atoms with Crippen molar-refractivity contribution in [1.82, 2.24) is 4.98 Å². The number of carbonyl (C=O) groups is 2. The molecule has 0 saturated carbocycles. The molecule has 0 aliphatic rings. The van der Waals surface area contributed by atoms with E-state index in [1.165, 1.54) is 25.1 Å². The Balaban J connectivity index is 2.93. The average molecular weight is 374 g/mol. The molecule has 0 saturated heterocycles. The van der Waals surface area contributed by atoms with E-state index in [0.29, 0.717) is 0 Å². The number of nitro groups is 1. The van der Waals surface area contributed by atoms with Crippen LogP contribution in [0.2, 0.25) is 0 Å². The highest BCUT2D eigenvalue weighted by Gasteiger charge is 2.31. The number of pyridine rings is 1. The summed E-state index contributed by atoms with van der Waals surface area (Å²) in [4.78, 5) is 40.0. The van der Waals surface area contributed by atoms with Crippen molar-refractivity contribution in [3.05, 3.63) is 56.9 Å². The Morgan fingerprint density at radius 1 is 1.15 bits per heavy atom. The maximum Gasteiger partial charge on any atom is 0.340 e. The summed E-state index contributed by atoms with van der Waals surface area (Å²) in [5.74, 6) is -1.64. The lowest BCUT2D eigenvalue weighted by molar-refractivity contribution is -0.384. The summed E-state index contributed by atoms with van der Waals surface area (Å²) in [5.41, 5.74) is 0.123. The second-order valence-corrected chi connectivity index (χ2v) is 5.53. The summed E-state index contributed by atoms with van der Waals surface area (Å²) in [6, 6.07) is 5.73. The molecule has 0 atom stereocenters. The molecule has 0 unspecified atom stereocenters. The van der Waals surface area contributed by atoms with Crippen molar-refractivity contribution < 1.29 is 29.1 Å². The van der Waals surface area contributed by atoms with Crippen LogP contribution in [0.1, 0.15) is 32.1 Å². The van der Waals surface area contributed by atoms with Gasteiger partial charge in [-0.25, -0.2) is 9.59 Å². The van der Waals surface area contributed by atoms with Gasteiger partial charge >= 0.3 is 11.9 Å². The smallest absolute Gasteiger partial charge is 0.340 e. The minimum absolute atomic E-state index is 0.0158. The van der Waals surface area contributed by atoms with E-state index >= 15 is 0 Å². The number of carbonyl (C=O) groups excluding carboxylic acids is 2. The van der Waals surface area contributed by atoms with Gasteiger partial charge in [-0.05, 0) is 19.9 Å². The lowest BCUT2D eigenvalue weighted by Gasteiger charge is -2.17. The second-order valence-electron chi connectivity index (χ2n) is 5.53. The minimum atomic E-state index is -0.854. The Labute approximate surface area is 154 Å². The average Bonchev–Trinajstić information content (AvgIpc) is 2.64. The molecular formula is C18H18N2O7. The van der Waals surface area contributed by atoms with Crippen molar-refractivity contribution in [1.29, 1.82) is 0 Å². The molecule has 2 aromatic rings. The molecule has 0 fully saturated rings. The highest BCUT2D eigenvalue weighted by molar-refractivity contribution is 6.08. The molecule has 1 N–H and O–H groups in total. The van der Waals surface area contributed by atoms with Crippen LogP contribution in [0.4, 0.5) is 5.69 Å². The maximum absolute atomic E-state index is 12.6. The van der Waals surface area contributed by atoms with Crippen LogP contribution in [0.5, 0.6) is 0 Å². The molecule has 0 bridgehead atoms. The normalized spacial score (nSPS) is 10.4. The van der Waals surface area contributed by atoms with E-state index in [0.717, 1.165) is 7.11 Å². The van der Waals surface area contributed by atoms with Gasteiger partial charge in [0, 0.05) is 11.6 Å². The predicted octanol–water partition coefficient (Wildman–Crippen LogP) is 2.21. The van der Waals surface area contributed by atoms with Gasteiger partial charge in [0.2, 0.25) is 0 Å². The summed E-state index contributed by atoms with van der Waals surface area (Å²) in [5, 5.41) is 20.4. The first-order valence-corrected chi connectivity index (χ1v) is 7.94. The van der Waals surface area contributed by atoms with Gasteiger partial charge in [0.25, 0.3) is 5.69 Å². The van der Waals surface area contributed by atoms with E-state index in [9.17, 15) is 19.7 Å². The van der Waals surface area contributed by atoms with Gasteiger partial charge in [0.15, 0.2) is 0 Å². The van der Waals surface area contributed by atoms with Crippen molar-refractivity contribution in [3.8, 4) is 11.1 Å². The van der Waals surface area contributed by atoms with Crippen molar-refractivity contribution in [3.63, 3.8) is 0 Å². The number of benzene rings is 1. The zero-order chi connectivity index (χ0) is 20.1.